The van der Waals surface area contributed by atoms with Crippen LogP contribution >= 0.6 is 0 Å². The molecule has 162 valence electrons. The van der Waals surface area contributed by atoms with E-state index >= 15 is 0 Å². The summed E-state index contributed by atoms with van der Waals surface area (Å²) in [6.07, 6.45) is 0.904. The van der Waals surface area contributed by atoms with Crippen molar-refractivity contribution in [3.8, 4) is 0 Å². The van der Waals surface area contributed by atoms with E-state index in [0.29, 0.717) is 44.2 Å². The minimum absolute atomic E-state index is 0.0931. The average molecular weight is 430 g/mol. The first kappa shape index (κ1) is 22.5. The lowest BCUT2D eigenvalue weighted by Gasteiger charge is -2.34. The highest BCUT2D eigenvalue weighted by molar-refractivity contribution is 7.89. The van der Waals surface area contributed by atoms with Crippen molar-refractivity contribution < 1.29 is 13.2 Å². The zero-order valence-electron chi connectivity index (χ0n) is 17.8. The van der Waals surface area contributed by atoms with E-state index in [0.717, 1.165) is 24.1 Å². The highest BCUT2D eigenvalue weighted by Gasteiger charge is 2.29. The number of nitrogens with zero attached hydrogens (tertiary/aromatic N) is 3. The number of amides is 1. The second kappa shape index (κ2) is 10.2. The van der Waals surface area contributed by atoms with E-state index in [2.05, 4.69) is 11.8 Å². The van der Waals surface area contributed by atoms with Crippen LogP contribution in [0.15, 0.2) is 59.5 Å². The molecule has 1 aliphatic rings. The predicted octanol–water partition coefficient (Wildman–Crippen LogP) is 2.74. The Morgan fingerprint density at radius 2 is 1.60 bits per heavy atom. The summed E-state index contributed by atoms with van der Waals surface area (Å²) in [5.74, 6) is 0.0931. The van der Waals surface area contributed by atoms with Gasteiger partial charge in [-0.3, -0.25) is 9.69 Å². The van der Waals surface area contributed by atoms with Gasteiger partial charge in [0, 0.05) is 39.3 Å². The normalized spacial score (nSPS) is 15.8. The molecule has 0 aromatic heterocycles. The number of carbonyl (C=O) groups is 1. The largest absolute Gasteiger partial charge is 0.337 e. The van der Waals surface area contributed by atoms with Crippen LogP contribution in [0, 0.1) is 6.92 Å². The van der Waals surface area contributed by atoms with Crippen molar-refractivity contribution in [3.05, 3.63) is 65.7 Å². The maximum absolute atomic E-state index is 12.9. The molecule has 0 spiro atoms. The number of hydrogen-bond donors (Lipinski definition) is 0. The summed E-state index contributed by atoms with van der Waals surface area (Å²) < 4.78 is 27.2. The van der Waals surface area contributed by atoms with Gasteiger partial charge in [0.1, 0.15) is 0 Å². The molecule has 1 saturated heterocycles. The van der Waals surface area contributed by atoms with Crippen LogP contribution in [-0.2, 0) is 21.4 Å². The summed E-state index contributed by atoms with van der Waals surface area (Å²) in [6.45, 7) is 7.57. The molecule has 0 radical (unpaired) electrons. The van der Waals surface area contributed by atoms with Gasteiger partial charge in [0.2, 0.25) is 15.9 Å². The summed E-state index contributed by atoms with van der Waals surface area (Å²) >= 11 is 0. The molecular formula is C23H31N3O3S. The van der Waals surface area contributed by atoms with Gasteiger partial charge in [0.05, 0.1) is 11.4 Å². The van der Waals surface area contributed by atoms with Crippen LogP contribution in [0.3, 0.4) is 0 Å². The molecule has 7 heteroatoms. The molecule has 1 amide bonds. The van der Waals surface area contributed by atoms with Gasteiger partial charge in [-0.1, -0.05) is 55.0 Å². The third-order valence-corrected chi connectivity index (χ3v) is 7.32. The fraction of sp³-hybridized carbons (Fsp3) is 0.435. The number of benzene rings is 2. The van der Waals surface area contributed by atoms with Gasteiger partial charge in [-0.05, 0) is 31.0 Å². The summed E-state index contributed by atoms with van der Waals surface area (Å²) in [5.41, 5.74) is 2.15. The van der Waals surface area contributed by atoms with Crippen LogP contribution < -0.4 is 0 Å². The molecule has 0 atom stereocenters. The molecule has 0 saturated carbocycles. The highest BCUT2D eigenvalue weighted by atomic mass is 32.2. The minimum atomic E-state index is -3.49. The molecule has 2 aromatic carbocycles. The smallest absolute Gasteiger partial charge is 0.243 e. The Morgan fingerprint density at radius 1 is 0.967 bits per heavy atom. The van der Waals surface area contributed by atoms with Crippen molar-refractivity contribution in [2.45, 2.75) is 31.7 Å². The maximum Gasteiger partial charge on any atom is 0.243 e. The summed E-state index contributed by atoms with van der Waals surface area (Å²) in [7, 11) is -3.49. The number of piperazine rings is 1. The van der Waals surface area contributed by atoms with E-state index in [1.807, 2.05) is 54.3 Å². The van der Waals surface area contributed by atoms with Gasteiger partial charge in [-0.15, -0.1) is 0 Å². The molecule has 1 fully saturated rings. The quantitative estimate of drug-likeness (QED) is 0.647. The summed E-state index contributed by atoms with van der Waals surface area (Å²) in [6, 6.07) is 17.0. The molecule has 2 aromatic rings. The second-order valence-corrected chi connectivity index (χ2v) is 9.73. The van der Waals surface area contributed by atoms with E-state index < -0.39 is 10.0 Å². The Balaban J connectivity index is 1.56. The van der Waals surface area contributed by atoms with Crippen LogP contribution in [0.2, 0.25) is 0 Å². The Kier molecular flexibility index (Phi) is 7.64. The van der Waals surface area contributed by atoms with Crippen LogP contribution in [0.25, 0.3) is 0 Å². The zero-order valence-corrected chi connectivity index (χ0v) is 18.6. The Bertz CT molecular complexity index is 922. The molecule has 6 nitrogen and oxygen atoms in total. The van der Waals surface area contributed by atoms with E-state index in [1.54, 1.807) is 12.1 Å². The molecular weight excluding hydrogens is 398 g/mol. The van der Waals surface area contributed by atoms with Crippen molar-refractivity contribution in [2.75, 3.05) is 39.3 Å². The molecule has 0 bridgehead atoms. The van der Waals surface area contributed by atoms with Crippen LogP contribution in [0.4, 0.5) is 0 Å². The van der Waals surface area contributed by atoms with Gasteiger partial charge >= 0.3 is 0 Å². The Labute approximate surface area is 180 Å². The van der Waals surface area contributed by atoms with Crippen molar-refractivity contribution in [1.29, 1.82) is 0 Å². The monoisotopic (exact) mass is 429 g/mol. The van der Waals surface area contributed by atoms with Gasteiger partial charge in [-0.2, -0.15) is 4.31 Å². The molecule has 0 aliphatic carbocycles. The second-order valence-electron chi connectivity index (χ2n) is 7.79. The van der Waals surface area contributed by atoms with Crippen LogP contribution in [0.5, 0.6) is 0 Å². The predicted molar refractivity (Wildman–Crippen MR) is 119 cm³/mol. The van der Waals surface area contributed by atoms with Crippen molar-refractivity contribution >= 4 is 15.9 Å². The number of sulfonamides is 1. The fourth-order valence-corrected chi connectivity index (χ4v) is 5.07. The summed E-state index contributed by atoms with van der Waals surface area (Å²) in [5, 5.41) is 0. The lowest BCUT2D eigenvalue weighted by molar-refractivity contribution is -0.133. The number of carbonyl (C=O) groups excluding carboxylic acids is 1. The van der Waals surface area contributed by atoms with E-state index in [1.165, 1.54) is 4.31 Å². The number of hydrogen-bond acceptors (Lipinski definition) is 4. The average Bonchev–Trinajstić information content (AvgIpc) is 2.75. The highest BCUT2D eigenvalue weighted by Crippen LogP contribution is 2.18. The van der Waals surface area contributed by atoms with Crippen molar-refractivity contribution in [2.24, 2.45) is 0 Å². The molecule has 0 unspecified atom stereocenters. The third kappa shape index (κ3) is 5.68. The van der Waals surface area contributed by atoms with Gasteiger partial charge in [0.25, 0.3) is 0 Å². The molecule has 0 N–H and O–H groups in total. The summed E-state index contributed by atoms with van der Waals surface area (Å²) in [4.78, 5) is 17.2. The van der Waals surface area contributed by atoms with Crippen molar-refractivity contribution in [3.63, 3.8) is 0 Å². The van der Waals surface area contributed by atoms with Crippen LogP contribution in [-0.4, -0.2) is 67.7 Å². The Hall–Kier alpha value is -2.22. The lowest BCUT2D eigenvalue weighted by atomic mass is 10.2. The first-order valence-electron chi connectivity index (χ1n) is 10.5. The van der Waals surface area contributed by atoms with Gasteiger partial charge < -0.3 is 4.90 Å². The fourth-order valence-electron chi connectivity index (χ4n) is 3.64. The number of rotatable bonds is 8. The molecule has 1 aliphatic heterocycles. The van der Waals surface area contributed by atoms with Gasteiger partial charge in [0.15, 0.2) is 0 Å². The molecule has 30 heavy (non-hydrogen) atoms. The number of aryl methyl sites for hydroxylation is 1. The van der Waals surface area contributed by atoms with E-state index in [9.17, 15) is 13.2 Å². The standard InChI is InChI=1S/C23H31N3O3S/c1-3-13-25(18-21-7-5-4-6-8-21)23(27)19-24-14-16-26(17-15-24)30(28,29)22-11-9-20(2)10-12-22/h4-12H,3,13-19H2,1-2H3. The van der Waals surface area contributed by atoms with Gasteiger partial charge in [-0.25, -0.2) is 8.42 Å². The van der Waals surface area contributed by atoms with E-state index in [4.69, 9.17) is 0 Å². The maximum atomic E-state index is 12.9. The van der Waals surface area contributed by atoms with Crippen LogP contribution in [0.1, 0.15) is 24.5 Å². The SMILES string of the molecule is CCCN(Cc1ccccc1)C(=O)CN1CCN(S(=O)(=O)c2ccc(C)cc2)CC1. The third-order valence-electron chi connectivity index (χ3n) is 5.41. The minimum Gasteiger partial charge on any atom is -0.337 e. The first-order valence-corrected chi connectivity index (χ1v) is 11.9. The molecule has 1 heterocycles. The lowest BCUT2D eigenvalue weighted by Crippen LogP contribution is -2.51. The van der Waals surface area contributed by atoms with E-state index in [-0.39, 0.29) is 5.91 Å². The zero-order chi connectivity index (χ0) is 21.6. The topological polar surface area (TPSA) is 60.9 Å². The van der Waals surface area contributed by atoms with Crippen molar-refractivity contribution in [1.82, 2.24) is 14.1 Å². The molecule has 3 rings (SSSR count). The Morgan fingerprint density at radius 3 is 2.20 bits per heavy atom. The first-order chi connectivity index (χ1) is 14.4.